The molecule has 0 aliphatic rings. The molecule has 0 aliphatic carbocycles. The number of alkyl halides is 3. The van der Waals surface area contributed by atoms with Crippen LogP contribution in [-0.4, -0.2) is 27.9 Å². The molecule has 2 rings (SSSR count). The Morgan fingerprint density at radius 2 is 1.82 bits per heavy atom. The van der Waals surface area contributed by atoms with Crippen molar-refractivity contribution in [3.63, 3.8) is 0 Å². The van der Waals surface area contributed by atoms with Crippen molar-refractivity contribution < 1.29 is 35.9 Å². The predicted octanol–water partition coefficient (Wildman–Crippen LogP) is 3.88. The summed E-state index contributed by atoms with van der Waals surface area (Å²) in [7, 11) is -2.90. The summed E-state index contributed by atoms with van der Waals surface area (Å²) < 4.78 is 73.2. The van der Waals surface area contributed by atoms with Gasteiger partial charge in [0, 0.05) is 11.6 Å². The van der Waals surface area contributed by atoms with Gasteiger partial charge in [0.25, 0.3) is 10.0 Å². The second kappa shape index (κ2) is 8.34. The normalized spacial score (nSPS) is 12.0. The first-order chi connectivity index (χ1) is 13.0. The third-order valence-corrected chi connectivity index (χ3v) is 5.01. The number of nitrogens with one attached hydrogen (secondary N) is 1. The average molecular weight is 415 g/mol. The minimum Gasteiger partial charge on any atom is -0.466 e. The number of sulfonamides is 1. The van der Waals surface area contributed by atoms with Gasteiger partial charge in [-0.15, -0.1) is 13.2 Å². The number of hydrogen-bond acceptors (Lipinski definition) is 5. The third-order valence-electron chi connectivity index (χ3n) is 3.48. The molecule has 0 saturated carbocycles. The van der Waals surface area contributed by atoms with Gasteiger partial charge in [0.2, 0.25) is 0 Å². The molecule has 0 amide bonds. The number of methoxy groups -OCH3 is 1. The van der Waals surface area contributed by atoms with E-state index < -0.39 is 28.1 Å². The number of esters is 1. The maximum Gasteiger partial charge on any atom is 0.573 e. The lowest BCUT2D eigenvalue weighted by Crippen LogP contribution is -2.18. The van der Waals surface area contributed by atoms with E-state index in [0.717, 1.165) is 37.5 Å². The van der Waals surface area contributed by atoms with Gasteiger partial charge in [0.1, 0.15) is 5.75 Å². The summed E-state index contributed by atoms with van der Waals surface area (Å²) >= 11 is 0. The van der Waals surface area contributed by atoms with E-state index in [-0.39, 0.29) is 16.1 Å². The summed E-state index contributed by atoms with van der Waals surface area (Å²) in [5.41, 5.74) is 0.418. The Morgan fingerprint density at radius 3 is 2.43 bits per heavy atom. The maximum absolute atomic E-state index is 12.6. The molecule has 2 aromatic rings. The van der Waals surface area contributed by atoms with Crippen LogP contribution in [0.5, 0.6) is 5.75 Å². The first kappa shape index (κ1) is 21.3. The van der Waals surface area contributed by atoms with Crippen molar-refractivity contribution in [2.45, 2.75) is 18.2 Å². The van der Waals surface area contributed by atoms with E-state index in [1.807, 2.05) is 0 Å². The van der Waals surface area contributed by atoms with E-state index in [1.54, 1.807) is 25.1 Å². The van der Waals surface area contributed by atoms with Crippen molar-refractivity contribution in [1.82, 2.24) is 0 Å². The number of ether oxygens (including phenoxy) is 2. The van der Waals surface area contributed by atoms with Crippen LogP contribution in [0.1, 0.15) is 11.1 Å². The molecule has 0 aromatic heterocycles. The molecule has 0 saturated heterocycles. The minimum atomic E-state index is -4.93. The number of anilines is 1. The molecule has 0 spiro atoms. The molecule has 1 N–H and O–H groups in total. The summed E-state index contributed by atoms with van der Waals surface area (Å²) in [6.07, 6.45) is -2.87. The van der Waals surface area contributed by atoms with E-state index in [4.69, 9.17) is 0 Å². The van der Waals surface area contributed by atoms with Crippen LogP contribution in [0, 0.1) is 6.92 Å². The van der Waals surface area contributed by atoms with Gasteiger partial charge in [0.05, 0.1) is 17.7 Å². The first-order valence-corrected chi connectivity index (χ1v) is 9.24. The van der Waals surface area contributed by atoms with Crippen LogP contribution in [0.3, 0.4) is 0 Å². The van der Waals surface area contributed by atoms with Gasteiger partial charge in [-0.1, -0.05) is 18.2 Å². The van der Waals surface area contributed by atoms with Crippen LogP contribution in [0.2, 0.25) is 0 Å². The van der Waals surface area contributed by atoms with Gasteiger partial charge in [0.15, 0.2) is 0 Å². The van der Waals surface area contributed by atoms with E-state index in [0.29, 0.717) is 5.56 Å². The Bertz CT molecular complexity index is 1000. The van der Waals surface area contributed by atoms with Gasteiger partial charge in [-0.3, -0.25) is 4.72 Å². The number of carbonyl (C=O) groups is 1. The summed E-state index contributed by atoms with van der Waals surface area (Å²) in [5.74, 6) is -1.34. The summed E-state index contributed by atoms with van der Waals surface area (Å²) in [5, 5.41) is 0. The Balaban J connectivity index is 2.45. The zero-order valence-corrected chi connectivity index (χ0v) is 15.6. The van der Waals surface area contributed by atoms with E-state index in [1.165, 1.54) is 6.07 Å². The van der Waals surface area contributed by atoms with Crippen molar-refractivity contribution in [3.8, 4) is 5.75 Å². The SMILES string of the molecule is COC(=O)C=Cc1cc(OC(F)(F)F)ccc1NS(=O)(=O)c1ccccc1C. The number of rotatable bonds is 6. The molecule has 6 nitrogen and oxygen atoms in total. The summed E-state index contributed by atoms with van der Waals surface area (Å²) in [6, 6.07) is 9.22. The second-order valence-corrected chi connectivity index (χ2v) is 7.18. The molecule has 0 aliphatic heterocycles. The quantitative estimate of drug-likeness (QED) is 0.572. The monoisotopic (exact) mass is 415 g/mol. The molecular formula is C18H16F3NO5S. The molecular weight excluding hydrogens is 399 g/mol. The van der Waals surface area contributed by atoms with Crippen molar-refractivity contribution in [2.75, 3.05) is 11.8 Å². The second-order valence-electron chi connectivity index (χ2n) is 5.52. The van der Waals surface area contributed by atoms with E-state index in [9.17, 15) is 26.4 Å². The largest absolute Gasteiger partial charge is 0.573 e. The highest BCUT2D eigenvalue weighted by atomic mass is 32.2. The molecule has 0 unspecified atom stereocenters. The van der Waals surface area contributed by atoms with Gasteiger partial charge in [-0.25, -0.2) is 13.2 Å². The van der Waals surface area contributed by atoms with Gasteiger partial charge < -0.3 is 9.47 Å². The summed E-state index contributed by atoms with van der Waals surface area (Å²) in [4.78, 5) is 11.3. The lowest BCUT2D eigenvalue weighted by molar-refractivity contribution is -0.274. The van der Waals surface area contributed by atoms with Crippen LogP contribution in [-0.2, 0) is 19.6 Å². The molecule has 0 heterocycles. The number of benzene rings is 2. The fourth-order valence-electron chi connectivity index (χ4n) is 2.25. The summed E-state index contributed by atoms with van der Waals surface area (Å²) in [6.45, 7) is 1.60. The van der Waals surface area contributed by atoms with Gasteiger partial charge in [-0.2, -0.15) is 0 Å². The van der Waals surface area contributed by atoms with Crippen LogP contribution in [0.4, 0.5) is 18.9 Å². The lowest BCUT2D eigenvalue weighted by atomic mass is 10.1. The standard InChI is InChI=1S/C18H16F3NO5S/c1-12-5-3-4-6-16(12)28(24,25)22-15-9-8-14(27-18(19,20)21)11-13(15)7-10-17(23)26-2/h3-11,22H,1-2H3. The van der Waals surface area contributed by atoms with E-state index in [2.05, 4.69) is 14.2 Å². The molecule has 10 heteroatoms. The topological polar surface area (TPSA) is 81.7 Å². The first-order valence-electron chi connectivity index (χ1n) is 7.76. The fraction of sp³-hybridized carbons (Fsp3) is 0.167. The van der Waals surface area contributed by atoms with Crippen molar-refractivity contribution in [2.24, 2.45) is 0 Å². The highest BCUT2D eigenvalue weighted by Gasteiger charge is 2.31. The van der Waals surface area contributed by atoms with Crippen molar-refractivity contribution in [1.29, 1.82) is 0 Å². The number of halogens is 3. The number of hydrogen-bond donors (Lipinski definition) is 1. The van der Waals surface area contributed by atoms with Gasteiger partial charge >= 0.3 is 12.3 Å². The Morgan fingerprint density at radius 1 is 1.14 bits per heavy atom. The highest BCUT2D eigenvalue weighted by Crippen LogP contribution is 2.30. The Hall–Kier alpha value is -3.01. The van der Waals surface area contributed by atoms with Crippen molar-refractivity contribution in [3.05, 3.63) is 59.7 Å². The smallest absolute Gasteiger partial charge is 0.466 e. The maximum atomic E-state index is 12.6. The van der Waals surface area contributed by atoms with Gasteiger partial charge in [-0.05, 0) is 42.8 Å². The molecule has 28 heavy (non-hydrogen) atoms. The number of aryl methyl sites for hydroxylation is 1. The van der Waals surface area contributed by atoms with Crippen LogP contribution >= 0.6 is 0 Å². The van der Waals surface area contributed by atoms with E-state index >= 15 is 0 Å². The highest BCUT2D eigenvalue weighted by molar-refractivity contribution is 7.92. The lowest BCUT2D eigenvalue weighted by Gasteiger charge is -2.14. The molecule has 0 atom stereocenters. The fourth-order valence-corrected chi connectivity index (χ4v) is 3.59. The molecule has 2 aromatic carbocycles. The number of carbonyl (C=O) groups excluding carboxylic acids is 1. The molecule has 150 valence electrons. The van der Waals surface area contributed by atoms with Crippen LogP contribution in [0.15, 0.2) is 53.4 Å². The molecule has 0 bridgehead atoms. The molecule has 0 radical (unpaired) electrons. The zero-order valence-electron chi connectivity index (χ0n) is 14.8. The van der Waals surface area contributed by atoms with Crippen LogP contribution in [0.25, 0.3) is 6.08 Å². The predicted molar refractivity (Wildman–Crippen MR) is 96.2 cm³/mol. The Kier molecular flexibility index (Phi) is 6.34. The molecule has 0 fully saturated rings. The zero-order chi connectivity index (χ0) is 20.9. The minimum absolute atomic E-state index is 0.00788. The Labute approximate surface area is 159 Å². The van der Waals surface area contributed by atoms with Crippen LogP contribution < -0.4 is 9.46 Å². The van der Waals surface area contributed by atoms with Crippen molar-refractivity contribution >= 4 is 27.8 Å². The average Bonchev–Trinajstić information content (AvgIpc) is 2.60. The third kappa shape index (κ3) is 5.74.